The van der Waals surface area contributed by atoms with Crippen molar-refractivity contribution < 1.29 is 23.6 Å². The van der Waals surface area contributed by atoms with Gasteiger partial charge in [0.25, 0.3) is 0 Å². The fourth-order valence-electron chi connectivity index (χ4n) is 3.28. The third kappa shape index (κ3) is 18.7. The maximum atomic E-state index is 12.4. The Morgan fingerprint density at radius 1 is 1.15 bits per heavy atom. The van der Waals surface area contributed by atoms with Crippen LogP contribution in [0.5, 0.6) is 0 Å². The normalized spacial score (nSPS) is 13.6. The minimum Gasteiger partial charge on any atom is -0.314 e. The summed E-state index contributed by atoms with van der Waals surface area (Å²) in [5, 5.41) is 6.59. The number of hydrogen-bond donors (Lipinski definition) is 2. The van der Waals surface area contributed by atoms with Crippen LogP contribution in [0.3, 0.4) is 0 Å². The summed E-state index contributed by atoms with van der Waals surface area (Å²) >= 11 is 0. The van der Waals surface area contributed by atoms with Gasteiger partial charge in [-0.1, -0.05) is 83.7 Å². The summed E-state index contributed by atoms with van der Waals surface area (Å²) in [5.74, 6) is 0.601. The third-order valence-electron chi connectivity index (χ3n) is 5.87. The second kappa shape index (κ2) is 23.9. The maximum absolute atomic E-state index is 12.4. The molecule has 1 aliphatic rings. The van der Waals surface area contributed by atoms with Gasteiger partial charge in [-0.15, -0.1) is 0 Å². The van der Waals surface area contributed by atoms with Gasteiger partial charge in [-0.05, 0) is 43.5 Å². The van der Waals surface area contributed by atoms with Crippen molar-refractivity contribution in [3.8, 4) is 0 Å². The molecular weight excluding hydrogens is 499 g/mol. The molecule has 8 nitrogen and oxygen atoms in total. The number of aliphatic imine (C=N–C) groups is 1. The Bertz CT molecular complexity index is 885. The monoisotopic (exact) mass is 546 g/mol. The zero-order valence-corrected chi connectivity index (χ0v) is 24.2. The minimum atomic E-state index is -0.385. The van der Waals surface area contributed by atoms with Crippen molar-refractivity contribution >= 4 is 24.8 Å². The number of allylic oxidation sites excluding steroid dienone is 3. The number of benzene rings is 1. The van der Waals surface area contributed by atoms with Gasteiger partial charge < -0.3 is 10.6 Å². The molecule has 2 N–H and O–H groups in total. The van der Waals surface area contributed by atoms with Crippen LogP contribution in [0.15, 0.2) is 59.1 Å². The predicted octanol–water partition coefficient (Wildman–Crippen LogP) is 5.66. The van der Waals surface area contributed by atoms with E-state index in [1.54, 1.807) is 13.1 Å². The number of halogens is 1. The van der Waals surface area contributed by atoms with Crippen LogP contribution in [0.4, 0.5) is 4.39 Å². The number of unbranched alkanes of at least 4 members (excludes halogenated alkanes) is 2. The van der Waals surface area contributed by atoms with E-state index in [1.165, 1.54) is 30.4 Å². The highest BCUT2D eigenvalue weighted by Gasteiger charge is 2.19. The van der Waals surface area contributed by atoms with Crippen molar-refractivity contribution in [3.63, 3.8) is 0 Å². The number of Topliss-reactive ketones (excluding diaryl/α,β-unsaturated/α-hetero) is 1. The Hall–Kier alpha value is -3.17. The Labute approximate surface area is 233 Å². The Morgan fingerprint density at radius 3 is 2.38 bits per heavy atom. The van der Waals surface area contributed by atoms with Crippen molar-refractivity contribution in [3.05, 3.63) is 59.7 Å². The first kappa shape index (κ1) is 35.8. The lowest BCUT2D eigenvalue weighted by atomic mass is 9.95. The summed E-state index contributed by atoms with van der Waals surface area (Å²) < 4.78 is 12.4. The molecule has 9 heteroatoms. The highest BCUT2D eigenvalue weighted by Crippen LogP contribution is 2.12. The molecule has 218 valence electrons. The Balaban J connectivity index is 0.000000740. The molecule has 1 heterocycles. The Morgan fingerprint density at radius 2 is 1.85 bits per heavy atom. The summed E-state index contributed by atoms with van der Waals surface area (Å²) in [5.41, 5.74) is 0.982. The van der Waals surface area contributed by atoms with Crippen LogP contribution in [0.1, 0.15) is 78.2 Å². The van der Waals surface area contributed by atoms with Crippen LogP contribution in [0.2, 0.25) is 0 Å². The van der Waals surface area contributed by atoms with Gasteiger partial charge in [0.15, 0.2) is 5.78 Å². The fourth-order valence-corrected chi connectivity index (χ4v) is 3.28. The standard InChI is InChI=1S/C18H28N2O3.C7H7FN2O.C5H12/c1-4-15(2)12-17(19-3)18(22)10-11-20(14-21)23-13-16-8-6-5-7-9-16;8-6-2-1-3-7(9-4-6)10-5-11;1-3-5-4-2/h5-9,14-15,17,19H,4,10-13H2,1-3H3;2-5H,1H2,(H,10,11);3-5H2,1-2H3/t15-,17?;;/m0../s1. The lowest BCUT2D eigenvalue weighted by Crippen LogP contribution is -2.37. The van der Waals surface area contributed by atoms with E-state index in [0.29, 0.717) is 37.6 Å². The van der Waals surface area contributed by atoms with E-state index < -0.39 is 0 Å². The number of hydroxylamine groups is 2. The van der Waals surface area contributed by atoms with E-state index in [0.717, 1.165) is 24.6 Å². The molecule has 0 radical (unpaired) electrons. The van der Waals surface area contributed by atoms with Gasteiger partial charge in [-0.3, -0.25) is 19.2 Å². The Kier molecular flexibility index (Phi) is 22.0. The average Bonchev–Trinajstić information content (AvgIpc) is 3.17. The molecule has 1 aromatic rings. The molecule has 0 aliphatic carbocycles. The van der Waals surface area contributed by atoms with Crippen LogP contribution in [0, 0.1) is 5.92 Å². The van der Waals surface area contributed by atoms with Crippen molar-refractivity contribution in [2.45, 2.75) is 85.3 Å². The van der Waals surface area contributed by atoms with Crippen LogP contribution < -0.4 is 10.6 Å². The zero-order chi connectivity index (χ0) is 29.3. The molecule has 0 spiro atoms. The van der Waals surface area contributed by atoms with Crippen molar-refractivity contribution in [1.82, 2.24) is 15.7 Å². The number of rotatable bonds is 16. The first-order valence-electron chi connectivity index (χ1n) is 13.7. The van der Waals surface area contributed by atoms with Crippen LogP contribution in [-0.2, 0) is 25.8 Å². The van der Waals surface area contributed by atoms with E-state index in [2.05, 4.69) is 43.3 Å². The van der Waals surface area contributed by atoms with Gasteiger partial charge in [0, 0.05) is 6.42 Å². The lowest BCUT2D eigenvalue weighted by molar-refractivity contribution is -0.178. The lowest BCUT2D eigenvalue weighted by Gasteiger charge is -2.21. The molecule has 39 heavy (non-hydrogen) atoms. The van der Waals surface area contributed by atoms with Crippen molar-refractivity contribution in [1.29, 1.82) is 0 Å². The molecule has 1 unspecified atom stereocenters. The topological polar surface area (TPSA) is 100 Å². The van der Waals surface area contributed by atoms with Gasteiger partial charge in [-0.25, -0.2) is 14.4 Å². The predicted molar refractivity (Wildman–Crippen MR) is 155 cm³/mol. The molecule has 2 atom stereocenters. The third-order valence-corrected chi connectivity index (χ3v) is 5.87. The first-order valence-corrected chi connectivity index (χ1v) is 13.7. The van der Waals surface area contributed by atoms with Gasteiger partial charge in [0.05, 0.1) is 18.8 Å². The molecule has 2 rings (SSSR count). The quantitative estimate of drug-likeness (QED) is 0.206. The van der Waals surface area contributed by atoms with Gasteiger partial charge in [0.2, 0.25) is 12.8 Å². The number of nitrogens with zero attached hydrogens (tertiary/aromatic N) is 2. The molecule has 1 aliphatic heterocycles. The maximum Gasteiger partial charge on any atom is 0.233 e. The van der Waals surface area contributed by atoms with E-state index in [9.17, 15) is 18.8 Å². The molecule has 0 saturated carbocycles. The van der Waals surface area contributed by atoms with E-state index >= 15 is 0 Å². The fraction of sp³-hybridized carbons (Fsp3) is 0.533. The summed E-state index contributed by atoms with van der Waals surface area (Å²) in [6.07, 6.45) is 11.9. The summed E-state index contributed by atoms with van der Waals surface area (Å²) in [6, 6.07) is 9.45. The number of hydrogen-bond acceptors (Lipinski definition) is 6. The SMILES string of the molecule is CCCCC.CC[C@H](C)CC(NC)C(=O)CCN(C=O)OCc1ccccc1.O=CNC1=CCC=C(F)C=N1. The van der Waals surface area contributed by atoms with Crippen molar-refractivity contribution in [2.75, 3.05) is 13.6 Å². The highest BCUT2D eigenvalue weighted by molar-refractivity contribution is 5.84. The van der Waals surface area contributed by atoms with Crippen molar-refractivity contribution in [2.24, 2.45) is 10.9 Å². The molecule has 2 amide bonds. The summed E-state index contributed by atoms with van der Waals surface area (Å²) in [6.45, 7) is 9.27. The number of amides is 2. The molecule has 0 bridgehead atoms. The van der Waals surface area contributed by atoms with Crippen LogP contribution >= 0.6 is 0 Å². The second-order valence-corrected chi connectivity index (χ2v) is 9.10. The number of carbonyl (C=O) groups is 3. The average molecular weight is 547 g/mol. The highest BCUT2D eigenvalue weighted by atomic mass is 19.1. The van der Waals surface area contributed by atoms with Gasteiger partial charge >= 0.3 is 0 Å². The number of nitrogens with one attached hydrogen (secondary N) is 2. The number of ketones is 1. The van der Waals surface area contributed by atoms with Crippen LogP contribution in [0.25, 0.3) is 0 Å². The minimum absolute atomic E-state index is 0.114. The van der Waals surface area contributed by atoms with Gasteiger partial charge in [-0.2, -0.15) is 0 Å². The smallest absolute Gasteiger partial charge is 0.233 e. The van der Waals surface area contributed by atoms with Gasteiger partial charge in [0.1, 0.15) is 18.3 Å². The summed E-state index contributed by atoms with van der Waals surface area (Å²) in [7, 11) is 1.80. The molecule has 1 aromatic carbocycles. The largest absolute Gasteiger partial charge is 0.314 e. The second-order valence-electron chi connectivity index (χ2n) is 9.10. The number of carbonyl (C=O) groups excluding carboxylic acids is 3. The van der Waals surface area contributed by atoms with Crippen LogP contribution in [-0.4, -0.2) is 49.5 Å². The van der Waals surface area contributed by atoms with E-state index in [1.807, 2.05) is 30.3 Å². The summed E-state index contributed by atoms with van der Waals surface area (Å²) in [4.78, 5) is 42.3. The van der Waals surface area contributed by atoms with E-state index in [4.69, 9.17) is 4.84 Å². The first-order chi connectivity index (χ1) is 18.8. The number of likely N-dealkylation sites (N-methyl/N-ethyl adjacent to an activating group) is 1. The van der Waals surface area contributed by atoms with E-state index in [-0.39, 0.29) is 30.6 Å². The molecular formula is C30H47FN4O4. The zero-order valence-electron chi connectivity index (χ0n) is 24.2. The molecule has 0 aromatic heterocycles. The molecule has 0 fully saturated rings. The molecule has 0 saturated heterocycles.